The molecule has 0 radical (unpaired) electrons. The van der Waals surface area contributed by atoms with Crippen molar-refractivity contribution in [3.05, 3.63) is 132 Å². The molecule has 0 aliphatic rings. The van der Waals surface area contributed by atoms with E-state index in [0.29, 0.717) is 49.2 Å². The lowest BCUT2D eigenvalue weighted by Gasteiger charge is -2.09. The van der Waals surface area contributed by atoms with Crippen molar-refractivity contribution in [2.45, 2.75) is 44.4 Å². The minimum absolute atomic E-state index is 0.160. The Kier molecular flexibility index (Phi) is 15.4. The summed E-state index contributed by atoms with van der Waals surface area (Å²) in [7, 11) is 0. The Bertz CT molecular complexity index is 1490. The number of esters is 3. The standard InChI is InChI=1S/C38H42O7S/c1-28(2)37(40)45-25-26-46-35-9-5-7-33(27-35)8-6-10-36(39)43-22-21-32-17-15-31(16-18-32)14-13-30(4)38(41)44-24-23-42-34-19-11-29(3)12-20-34/h5-7,9-12,15-20,27H,1,4,8,13-14,21-26H2,2-3H3/b10-6+. The summed E-state index contributed by atoms with van der Waals surface area (Å²) in [6.45, 7) is 12.1. The molecule has 0 aliphatic heterocycles. The third-order valence-electron chi connectivity index (χ3n) is 6.71. The molecule has 0 atom stereocenters. The van der Waals surface area contributed by atoms with Crippen molar-refractivity contribution in [2.24, 2.45) is 0 Å². The summed E-state index contributed by atoms with van der Waals surface area (Å²) in [5.41, 5.74) is 5.16. The molecular weight excluding hydrogens is 600 g/mol. The molecule has 0 spiro atoms. The molecule has 0 amide bonds. The maximum atomic E-state index is 12.2. The Morgan fingerprint density at radius 1 is 0.761 bits per heavy atom. The molecule has 0 heterocycles. The molecule has 0 N–H and O–H groups in total. The van der Waals surface area contributed by atoms with E-state index in [-0.39, 0.29) is 31.8 Å². The molecule has 0 unspecified atom stereocenters. The van der Waals surface area contributed by atoms with Gasteiger partial charge in [-0.15, -0.1) is 11.8 Å². The molecule has 0 fully saturated rings. The van der Waals surface area contributed by atoms with E-state index in [1.54, 1.807) is 24.8 Å². The number of allylic oxidation sites excluding steroid dienone is 1. The second-order valence-corrected chi connectivity index (χ2v) is 11.8. The number of aryl methyl sites for hydroxylation is 2. The summed E-state index contributed by atoms with van der Waals surface area (Å²) >= 11 is 1.60. The average molecular weight is 643 g/mol. The third-order valence-corrected chi connectivity index (χ3v) is 7.67. The quantitative estimate of drug-likeness (QED) is 0.0446. The van der Waals surface area contributed by atoms with Gasteiger partial charge in [0.15, 0.2) is 0 Å². The first-order valence-electron chi connectivity index (χ1n) is 15.2. The van der Waals surface area contributed by atoms with Gasteiger partial charge in [-0.3, -0.25) is 0 Å². The fourth-order valence-corrected chi connectivity index (χ4v) is 4.90. The van der Waals surface area contributed by atoms with Gasteiger partial charge in [0.1, 0.15) is 25.6 Å². The van der Waals surface area contributed by atoms with Crippen molar-refractivity contribution < 1.29 is 33.3 Å². The lowest BCUT2D eigenvalue weighted by molar-refractivity contribution is -0.140. The zero-order valence-electron chi connectivity index (χ0n) is 26.6. The largest absolute Gasteiger partial charge is 0.490 e. The van der Waals surface area contributed by atoms with Gasteiger partial charge in [-0.1, -0.05) is 73.3 Å². The van der Waals surface area contributed by atoms with Crippen molar-refractivity contribution in [3.8, 4) is 5.75 Å². The van der Waals surface area contributed by atoms with Gasteiger partial charge in [0.05, 0.1) is 6.61 Å². The zero-order chi connectivity index (χ0) is 33.1. The second kappa shape index (κ2) is 19.7. The van der Waals surface area contributed by atoms with Crippen LogP contribution in [-0.2, 0) is 47.9 Å². The van der Waals surface area contributed by atoms with E-state index in [0.717, 1.165) is 32.9 Å². The van der Waals surface area contributed by atoms with Crippen molar-refractivity contribution in [1.29, 1.82) is 0 Å². The third kappa shape index (κ3) is 14.0. The second-order valence-electron chi connectivity index (χ2n) is 10.7. The maximum Gasteiger partial charge on any atom is 0.333 e. The number of rotatable bonds is 19. The van der Waals surface area contributed by atoms with Gasteiger partial charge in [-0.2, -0.15) is 0 Å². The summed E-state index contributed by atoms with van der Waals surface area (Å²) in [6.07, 6.45) is 5.61. The first-order chi connectivity index (χ1) is 22.2. The summed E-state index contributed by atoms with van der Waals surface area (Å²) in [5, 5.41) is 0. The van der Waals surface area contributed by atoms with Crippen LogP contribution < -0.4 is 4.74 Å². The predicted molar refractivity (Wildman–Crippen MR) is 182 cm³/mol. The van der Waals surface area contributed by atoms with Gasteiger partial charge >= 0.3 is 17.9 Å². The maximum absolute atomic E-state index is 12.2. The van der Waals surface area contributed by atoms with Crippen LogP contribution >= 0.6 is 11.8 Å². The topological polar surface area (TPSA) is 88.1 Å². The number of carbonyl (C=O) groups is 3. The zero-order valence-corrected chi connectivity index (χ0v) is 27.4. The molecule has 46 heavy (non-hydrogen) atoms. The van der Waals surface area contributed by atoms with Crippen LogP contribution in [0.4, 0.5) is 0 Å². The first kappa shape index (κ1) is 35.9. The van der Waals surface area contributed by atoms with E-state index in [1.807, 2.05) is 73.7 Å². The molecule has 0 bridgehead atoms. The normalized spacial score (nSPS) is 10.7. The van der Waals surface area contributed by atoms with Crippen molar-refractivity contribution in [1.82, 2.24) is 0 Å². The Labute approximate surface area is 276 Å². The van der Waals surface area contributed by atoms with E-state index in [1.165, 1.54) is 6.08 Å². The Balaban J connectivity index is 1.27. The van der Waals surface area contributed by atoms with Crippen molar-refractivity contribution in [3.63, 3.8) is 0 Å². The molecule has 0 aliphatic carbocycles. The predicted octanol–water partition coefficient (Wildman–Crippen LogP) is 7.20. The van der Waals surface area contributed by atoms with E-state index in [9.17, 15) is 14.4 Å². The average Bonchev–Trinajstić information content (AvgIpc) is 3.05. The summed E-state index contributed by atoms with van der Waals surface area (Å²) in [5.74, 6) is 0.210. The van der Waals surface area contributed by atoms with Gasteiger partial charge < -0.3 is 18.9 Å². The van der Waals surface area contributed by atoms with Crippen LogP contribution in [0.3, 0.4) is 0 Å². The van der Waals surface area contributed by atoms with E-state index in [2.05, 4.69) is 19.2 Å². The monoisotopic (exact) mass is 642 g/mol. The fourth-order valence-electron chi connectivity index (χ4n) is 4.09. The van der Waals surface area contributed by atoms with Gasteiger partial charge in [0, 0.05) is 34.3 Å². The highest BCUT2D eigenvalue weighted by Crippen LogP contribution is 2.20. The molecule has 0 saturated heterocycles. The molecule has 8 heteroatoms. The van der Waals surface area contributed by atoms with Crippen LogP contribution in [0.1, 0.15) is 35.6 Å². The molecule has 0 saturated carbocycles. The molecule has 3 aromatic carbocycles. The summed E-state index contributed by atoms with van der Waals surface area (Å²) in [4.78, 5) is 36.9. The van der Waals surface area contributed by atoms with Crippen LogP contribution in [0.2, 0.25) is 0 Å². The van der Waals surface area contributed by atoms with Gasteiger partial charge in [0.25, 0.3) is 0 Å². The van der Waals surface area contributed by atoms with Crippen LogP contribution in [0.5, 0.6) is 5.75 Å². The highest BCUT2D eigenvalue weighted by molar-refractivity contribution is 7.99. The highest BCUT2D eigenvalue weighted by atomic mass is 32.2. The van der Waals surface area contributed by atoms with Crippen molar-refractivity contribution >= 4 is 29.7 Å². The Morgan fingerprint density at radius 2 is 1.46 bits per heavy atom. The summed E-state index contributed by atoms with van der Waals surface area (Å²) in [6, 6.07) is 23.7. The Morgan fingerprint density at radius 3 is 2.17 bits per heavy atom. The van der Waals surface area contributed by atoms with Crippen molar-refractivity contribution in [2.75, 3.05) is 32.2 Å². The number of hydrogen-bond acceptors (Lipinski definition) is 8. The number of thioether (sulfide) groups is 1. The fraction of sp³-hybridized carbons (Fsp3) is 0.289. The number of ether oxygens (including phenoxy) is 4. The molecule has 7 nitrogen and oxygen atoms in total. The van der Waals surface area contributed by atoms with Crippen LogP contribution in [0.15, 0.2) is 114 Å². The number of benzene rings is 3. The Hall–Kier alpha value is -4.56. The number of hydrogen-bond donors (Lipinski definition) is 0. The van der Waals surface area contributed by atoms with Crippen LogP contribution in [-0.4, -0.2) is 50.1 Å². The van der Waals surface area contributed by atoms with Crippen LogP contribution in [0.25, 0.3) is 0 Å². The lowest BCUT2D eigenvalue weighted by atomic mass is 10.0. The molecular formula is C38H42O7S. The first-order valence-corrected chi connectivity index (χ1v) is 16.2. The van der Waals surface area contributed by atoms with Gasteiger partial charge in [-0.25, -0.2) is 14.4 Å². The van der Waals surface area contributed by atoms with E-state index < -0.39 is 5.97 Å². The minimum Gasteiger partial charge on any atom is -0.490 e. The molecule has 3 aromatic rings. The molecule has 0 aromatic heterocycles. The van der Waals surface area contributed by atoms with E-state index in [4.69, 9.17) is 18.9 Å². The van der Waals surface area contributed by atoms with Gasteiger partial charge in [0.2, 0.25) is 0 Å². The van der Waals surface area contributed by atoms with E-state index >= 15 is 0 Å². The highest BCUT2D eigenvalue weighted by Gasteiger charge is 2.09. The molecule has 242 valence electrons. The smallest absolute Gasteiger partial charge is 0.333 e. The van der Waals surface area contributed by atoms with Gasteiger partial charge in [-0.05, 0) is 74.1 Å². The lowest BCUT2D eigenvalue weighted by Crippen LogP contribution is -2.14. The van der Waals surface area contributed by atoms with Crippen LogP contribution in [0, 0.1) is 6.92 Å². The summed E-state index contributed by atoms with van der Waals surface area (Å²) < 4.78 is 21.3. The number of carbonyl (C=O) groups excluding carboxylic acids is 3. The molecule has 3 rings (SSSR count). The minimum atomic E-state index is -0.414. The SMILES string of the molecule is C=C(C)C(=O)OCCSc1cccc(C/C=C/C(=O)OCCc2ccc(CCC(=C)C(=O)OCCOc3ccc(C)cc3)cc2)c1.